The summed E-state index contributed by atoms with van der Waals surface area (Å²) in [5, 5.41) is 4.56. The van der Waals surface area contributed by atoms with Crippen molar-refractivity contribution in [3.8, 4) is 0 Å². The highest BCUT2D eigenvalue weighted by Gasteiger charge is 2.19. The van der Waals surface area contributed by atoms with E-state index in [1.54, 1.807) is 6.08 Å². The molecule has 0 aliphatic rings. The van der Waals surface area contributed by atoms with E-state index in [1.165, 1.54) is 13.8 Å². The third-order valence-electron chi connectivity index (χ3n) is 3.74. The van der Waals surface area contributed by atoms with E-state index in [1.807, 2.05) is 0 Å². The molecule has 7 nitrogen and oxygen atoms in total. The average molecular weight is 340 g/mol. The van der Waals surface area contributed by atoms with Gasteiger partial charge in [0.25, 0.3) is 5.56 Å². The number of unbranched alkanes of at least 4 members (excludes halogenated alkanes) is 2. The molecule has 0 amide bonds. The maximum Gasteiger partial charge on any atom is 0.332 e. The summed E-state index contributed by atoms with van der Waals surface area (Å²) < 4.78 is 4.13. The molecule has 0 aromatic carbocycles. The Kier molecular flexibility index (Phi) is 5.65. The molecule has 0 unspecified atom stereocenters. The molecule has 0 aliphatic carbocycles. The third kappa shape index (κ3) is 3.19. The topological polar surface area (TPSA) is 87.8 Å². The van der Waals surface area contributed by atoms with Crippen molar-refractivity contribution in [2.24, 2.45) is 0 Å². The van der Waals surface area contributed by atoms with E-state index in [4.69, 9.17) is 17.3 Å². The number of rotatable bonds is 8. The number of anilines is 1. The Morgan fingerprint density at radius 1 is 1.26 bits per heavy atom. The van der Waals surface area contributed by atoms with Crippen LogP contribution in [0.3, 0.4) is 0 Å². The van der Waals surface area contributed by atoms with Crippen LogP contribution in [0, 0.1) is 0 Å². The normalized spacial score (nSPS) is 11.2. The van der Waals surface area contributed by atoms with Gasteiger partial charge in [0.1, 0.15) is 11.2 Å². The van der Waals surface area contributed by atoms with E-state index in [0.717, 1.165) is 19.3 Å². The van der Waals surface area contributed by atoms with Gasteiger partial charge >= 0.3 is 5.69 Å². The number of nitrogens with two attached hydrogens (primary N) is 1. The van der Waals surface area contributed by atoms with Crippen molar-refractivity contribution in [1.29, 1.82) is 0 Å². The molecule has 126 valence electrons. The molecule has 2 rings (SSSR count). The summed E-state index contributed by atoms with van der Waals surface area (Å²) in [6.45, 7) is 6.74. The van der Waals surface area contributed by atoms with Gasteiger partial charge in [-0.3, -0.25) is 13.9 Å². The van der Waals surface area contributed by atoms with Gasteiger partial charge < -0.3 is 5.73 Å². The van der Waals surface area contributed by atoms with Gasteiger partial charge in [-0.25, -0.2) is 9.48 Å². The highest BCUT2D eigenvalue weighted by Crippen LogP contribution is 2.16. The van der Waals surface area contributed by atoms with Crippen LogP contribution in [0.25, 0.3) is 11.0 Å². The van der Waals surface area contributed by atoms with Crippen LogP contribution in [-0.2, 0) is 19.6 Å². The quantitative estimate of drug-likeness (QED) is 0.449. The number of halogens is 1. The minimum Gasteiger partial charge on any atom is -0.383 e. The largest absolute Gasteiger partial charge is 0.383 e. The van der Waals surface area contributed by atoms with Crippen molar-refractivity contribution in [1.82, 2.24) is 18.9 Å². The Bertz CT molecular complexity index is 818. The van der Waals surface area contributed by atoms with Gasteiger partial charge in [-0.1, -0.05) is 25.8 Å². The third-order valence-corrected chi connectivity index (χ3v) is 3.91. The fourth-order valence-corrected chi connectivity index (χ4v) is 2.74. The predicted octanol–water partition coefficient (Wildman–Crippen LogP) is 1.56. The molecule has 0 saturated heterocycles. The maximum absolute atomic E-state index is 12.7. The first-order chi connectivity index (χ1) is 11.1. The number of alkyl halides is 1. The lowest BCUT2D eigenvalue weighted by atomic mass is 10.2. The summed E-state index contributed by atoms with van der Waals surface area (Å²) in [5.74, 6) is 0.557. The second kappa shape index (κ2) is 7.50. The first-order valence-corrected chi connectivity index (χ1v) is 8.26. The number of hydrogen-bond acceptors (Lipinski definition) is 4. The molecule has 2 aromatic heterocycles. The van der Waals surface area contributed by atoms with Gasteiger partial charge in [-0.05, 0) is 6.42 Å². The van der Waals surface area contributed by atoms with Crippen LogP contribution in [-0.4, -0.2) is 24.8 Å². The predicted molar refractivity (Wildman–Crippen MR) is 93.1 cm³/mol. The maximum atomic E-state index is 12.7. The zero-order chi connectivity index (χ0) is 17.0. The van der Waals surface area contributed by atoms with Crippen LogP contribution < -0.4 is 17.0 Å². The summed E-state index contributed by atoms with van der Waals surface area (Å²) in [6.07, 6.45) is 4.32. The average Bonchev–Trinajstić information content (AvgIpc) is 2.85. The van der Waals surface area contributed by atoms with E-state index < -0.39 is 0 Å². The molecule has 0 radical (unpaired) electrons. The number of allylic oxidation sites excluding steroid dienone is 1. The molecule has 8 heteroatoms. The summed E-state index contributed by atoms with van der Waals surface area (Å²) in [7, 11) is 0. The second-order valence-corrected chi connectivity index (χ2v) is 5.72. The summed E-state index contributed by atoms with van der Waals surface area (Å²) in [6, 6.07) is 0. The molecular weight excluding hydrogens is 318 g/mol. The lowest BCUT2D eigenvalue weighted by Gasteiger charge is -2.09. The molecule has 2 heterocycles. The molecule has 0 spiro atoms. The van der Waals surface area contributed by atoms with E-state index in [9.17, 15) is 9.59 Å². The second-order valence-electron chi connectivity index (χ2n) is 5.34. The zero-order valence-corrected chi connectivity index (χ0v) is 14.1. The number of aryl methyl sites for hydroxylation is 1. The van der Waals surface area contributed by atoms with Crippen molar-refractivity contribution in [3.05, 3.63) is 33.5 Å². The summed E-state index contributed by atoms with van der Waals surface area (Å²) in [4.78, 5) is 25.3. The van der Waals surface area contributed by atoms with E-state index in [0.29, 0.717) is 19.0 Å². The Balaban J connectivity index is 2.72. The molecule has 0 aliphatic heterocycles. The van der Waals surface area contributed by atoms with Crippen LogP contribution in [0.1, 0.15) is 26.2 Å². The number of nitrogens with zero attached hydrogens (tertiary/aromatic N) is 4. The van der Waals surface area contributed by atoms with Crippen LogP contribution in [0.2, 0.25) is 0 Å². The van der Waals surface area contributed by atoms with Gasteiger partial charge in [0.15, 0.2) is 5.65 Å². The van der Waals surface area contributed by atoms with Crippen molar-refractivity contribution < 1.29 is 0 Å². The van der Waals surface area contributed by atoms with Crippen LogP contribution in [0.5, 0.6) is 0 Å². The minimum absolute atomic E-state index is 0.243. The fourth-order valence-electron chi connectivity index (χ4n) is 2.58. The lowest BCUT2D eigenvalue weighted by Crippen LogP contribution is -2.40. The monoisotopic (exact) mass is 339 g/mol. The Hall–Kier alpha value is -2.02. The van der Waals surface area contributed by atoms with Crippen molar-refractivity contribution in [2.45, 2.75) is 45.8 Å². The Morgan fingerprint density at radius 2 is 2.00 bits per heavy atom. The van der Waals surface area contributed by atoms with Gasteiger partial charge in [-0.2, -0.15) is 5.10 Å². The molecule has 2 aromatic rings. The highest BCUT2D eigenvalue weighted by molar-refractivity contribution is 6.17. The molecule has 0 bridgehead atoms. The molecule has 0 fully saturated rings. The van der Waals surface area contributed by atoms with Crippen molar-refractivity contribution >= 4 is 28.5 Å². The van der Waals surface area contributed by atoms with Gasteiger partial charge in [0, 0.05) is 19.0 Å². The Labute approximate surface area is 139 Å². The van der Waals surface area contributed by atoms with Crippen LogP contribution in [0.15, 0.2) is 22.2 Å². The lowest BCUT2D eigenvalue weighted by molar-refractivity contribution is 0.543. The highest BCUT2D eigenvalue weighted by atomic mass is 35.5. The SMILES string of the molecule is C=CCn1c(=O)n(CCCCC)c(=O)c2c(N)n(CCCl)nc21. The standard InChI is InChI=1S/C15H22ClN5O2/c1-3-5-6-9-20-14(22)11-12(17)21(10-7-16)18-13(11)19(8-4-2)15(20)23/h4H,2-3,5-10,17H2,1H3. The number of aromatic nitrogens is 4. The van der Waals surface area contributed by atoms with E-state index in [2.05, 4.69) is 18.6 Å². The molecule has 0 saturated carbocycles. The summed E-state index contributed by atoms with van der Waals surface area (Å²) >= 11 is 5.74. The zero-order valence-electron chi connectivity index (χ0n) is 13.3. The molecule has 0 atom stereocenters. The number of fused-ring (bicyclic) bond motifs is 1. The van der Waals surface area contributed by atoms with Gasteiger partial charge in [-0.15, -0.1) is 18.2 Å². The number of hydrogen-bond donors (Lipinski definition) is 1. The van der Waals surface area contributed by atoms with E-state index >= 15 is 0 Å². The molecule has 2 N–H and O–H groups in total. The van der Waals surface area contributed by atoms with Crippen LogP contribution in [0.4, 0.5) is 5.82 Å². The molecule has 23 heavy (non-hydrogen) atoms. The number of nitrogen functional groups attached to an aromatic ring is 1. The summed E-state index contributed by atoms with van der Waals surface area (Å²) in [5.41, 5.74) is 5.57. The van der Waals surface area contributed by atoms with E-state index in [-0.39, 0.29) is 34.6 Å². The first-order valence-electron chi connectivity index (χ1n) is 7.73. The first kappa shape index (κ1) is 17.3. The smallest absolute Gasteiger partial charge is 0.332 e. The van der Waals surface area contributed by atoms with Crippen molar-refractivity contribution in [3.63, 3.8) is 0 Å². The molecular formula is C15H22ClN5O2. The van der Waals surface area contributed by atoms with Crippen LogP contribution >= 0.6 is 11.6 Å². The minimum atomic E-state index is -0.389. The van der Waals surface area contributed by atoms with Crippen molar-refractivity contribution in [2.75, 3.05) is 11.6 Å². The van der Waals surface area contributed by atoms with Gasteiger partial charge in [0.2, 0.25) is 0 Å². The Morgan fingerprint density at radius 3 is 2.61 bits per heavy atom. The van der Waals surface area contributed by atoms with Gasteiger partial charge in [0.05, 0.1) is 6.54 Å². The fraction of sp³-hybridized carbons (Fsp3) is 0.533.